The van der Waals surface area contributed by atoms with Crippen molar-refractivity contribution >= 4 is 27.7 Å². The predicted molar refractivity (Wildman–Crippen MR) is 71.8 cm³/mol. The predicted octanol–water partition coefficient (Wildman–Crippen LogP) is -1.45. The molecule has 0 aromatic rings. The number of halogens is 2. The molecule has 0 saturated carbocycles. The van der Waals surface area contributed by atoms with E-state index in [-0.39, 0.29) is 5.96 Å². The Balaban J connectivity index is -0.000000298. The van der Waals surface area contributed by atoms with Gasteiger partial charge in [0.2, 0.25) is 0 Å². The average Bonchev–Trinajstić information content (AvgIpc) is 2.18. The van der Waals surface area contributed by atoms with Crippen molar-refractivity contribution in [2.75, 3.05) is 6.54 Å². The fourth-order valence-electron chi connectivity index (χ4n) is 0.643. The lowest BCUT2D eigenvalue weighted by atomic mass is 10.2. The quantitative estimate of drug-likeness (QED) is 0.120. The number of nitrogens with zero attached hydrogens (tertiary/aromatic N) is 1. The van der Waals surface area contributed by atoms with E-state index in [4.69, 9.17) is 51.0 Å². The summed E-state index contributed by atoms with van der Waals surface area (Å²) in [5, 5.41) is 8.38. The average molecular weight is 374 g/mol. The van der Waals surface area contributed by atoms with Crippen LogP contribution >= 0.6 is 15.8 Å². The number of hydrogen-bond donors (Lipinski definition) is 8. The molecule has 0 heterocycles. The van der Waals surface area contributed by atoms with Crippen LogP contribution in [0, 0.1) is 0 Å². The van der Waals surface area contributed by atoms with Gasteiger partial charge >= 0.3 is 21.8 Å². The first kappa shape index (κ1) is 25.8. The summed E-state index contributed by atoms with van der Waals surface area (Å²) >= 11 is 0. The minimum absolute atomic E-state index is 0.0129. The molecular weight excluding hydrogens is 356 g/mol. The van der Waals surface area contributed by atoms with Gasteiger partial charge in [0.25, 0.3) is 0 Å². The van der Waals surface area contributed by atoms with Crippen LogP contribution in [0.1, 0.15) is 12.8 Å². The summed E-state index contributed by atoms with van der Waals surface area (Å²) in [5.41, 5.74) is 15.3. The number of carboxylic acids is 1. The maximum Gasteiger partial charge on any atom is 0.507 e. The molecule has 0 bridgehead atoms. The van der Waals surface area contributed by atoms with Crippen LogP contribution in [0.2, 0.25) is 0 Å². The van der Waals surface area contributed by atoms with Crippen LogP contribution < -0.4 is 17.2 Å². The smallest absolute Gasteiger partial charge is 0.480 e. The second-order valence-corrected chi connectivity index (χ2v) is 5.23. The lowest BCUT2D eigenvalue weighted by Gasteiger charge is -2.03. The minimum Gasteiger partial charge on any atom is -0.480 e. The highest BCUT2D eigenvalue weighted by Crippen LogP contribution is 2.35. The summed E-state index contributed by atoms with van der Waals surface area (Å²) in [7, 11) is -10.3. The Morgan fingerprint density at radius 1 is 1.09 bits per heavy atom. The topological polar surface area (TPSA) is 243 Å². The first-order valence-corrected chi connectivity index (χ1v) is 8.08. The summed E-state index contributed by atoms with van der Waals surface area (Å²) in [5.74, 6) is -0.987. The molecule has 16 heteroatoms. The van der Waals surface area contributed by atoms with E-state index in [2.05, 4.69) is 4.99 Å². The van der Waals surface area contributed by atoms with E-state index in [9.17, 15) is 13.2 Å². The summed E-state index contributed by atoms with van der Waals surface area (Å²) in [6.45, 7) is 0.420. The van der Waals surface area contributed by atoms with E-state index >= 15 is 0 Å². The van der Waals surface area contributed by atoms with Gasteiger partial charge in [-0.25, -0.2) is 9.13 Å². The molecular formula is C6H18F2N4O8P2. The van der Waals surface area contributed by atoms with Crippen LogP contribution in [0.25, 0.3) is 0 Å². The van der Waals surface area contributed by atoms with Gasteiger partial charge in [-0.05, 0) is 12.8 Å². The van der Waals surface area contributed by atoms with Crippen molar-refractivity contribution < 1.29 is 47.0 Å². The Kier molecular flexibility index (Phi) is 14.5. The van der Waals surface area contributed by atoms with Crippen molar-refractivity contribution in [3.8, 4) is 0 Å². The molecule has 0 radical (unpaired) electrons. The van der Waals surface area contributed by atoms with Gasteiger partial charge in [-0.2, -0.15) is 0 Å². The minimum atomic E-state index is -5.14. The number of carbonyl (C=O) groups is 1. The van der Waals surface area contributed by atoms with Gasteiger partial charge in [-0.15, -0.1) is 8.39 Å². The van der Waals surface area contributed by atoms with Crippen LogP contribution in [0.5, 0.6) is 0 Å². The van der Waals surface area contributed by atoms with Crippen molar-refractivity contribution in [2.24, 2.45) is 22.2 Å². The van der Waals surface area contributed by atoms with Gasteiger partial charge in [-0.3, -0.25) is 29.4 Å². The first-order chi connectivity index (χ1) is 9.54. The van der Waals surface area contributed by atoms with Gasteiger partial charge in [0.05, 0.1) is 0 Å². The van der Waals surface area contributed by atoms with E-state index < -0.39 is 27.8 Å². The van der Waals surface area contributed by atoms with Gasteiger partial charge < -0.3 is 22.3 Å². The highest BCUT2D eigenvalue weighted by molar-refractivity contribution is 7.46. The third-order valence-electron chi connectivity index (χ3n) is 1.28. The normalized spacial score (nSPS) is 12.0. The number of nitrogens with two attached hydrogens (primary N) is 3. The summed E-state index contributed by atoms with van der Waals surface area (Å²) in [4.78, 5) is 41.8. The lowest BCUT2D eigenvalue weighted by molar-refractivity contribution is -0.138. The molecule has 0 rings (SSSR count). The summed E-state index contributed by atoms with van der Waals surface area (Å²) < 4.78 is 38.0. The molecule has 134 valence electrons. The number of guanidine groups is 1. The molecule has 0 aromatic heterocycles. The first-order valence-electron chi connectivity index (χ1n) is 5.08. The zero-order valence-electron chi connectivity index (χ0n) is 11.0. The Labute approximate surface area is 123 Å². The van der Waals surface area contributed by atoms with E-state index in [1.165, 1.54) is 0 Å². The van der Waals surface area contributed by atoms with Crippen LogP contribution in [-0.4, -0.2) is 49.2 Å². The molecule has 0 aliphatic heterocycles. The zero-order valence-corrected chi connectivity index (χ0v) is 12.8. The van der Waals surface area contributed by atoms with Gasteiger partial charge in [0, 0.05) is 6.54 Å². The molecule has 0 aliphatic rings. The molecule has 0 amide bonds. The number of hydrogen-bond acceptors (Lipinski definition) is 5. The fourth-order valence-corrected chi connectivity index (χ4v) is 0.643. The van der Waals surface area contributed by atoms with Crippen molar-refractivity contribution in [1.29, 1.82) is 0 Å². The van der Waals surface area contributed by atoms with Gasteiger partial charge in [0.1, 0.15) is 6.04 Å². The third kappa shape index (κ3) is 61.9. The van der Waals surface area contributed by atoms with Crippen molar-refractivity contribution in [3.05, 3.63) is 0 Å². The number of aliphatic carboxylic acids is 1. The molecule has 22 heavy (non-hydrogen) atoms. The van der Waals surface area contributed by atoms with E-state index in [0.29, 0.717) is 19.4 Å². The van der Waals surface area contributed by atoms with Crippen LogP contribution in [-0.2, 0) is 13.9 Å². The fraction of sp³-hybridized carbons (Fsp3) is 0.667. The second-order valence-electron chi connectivity index (χ2n) is 3.34. The molecule has 0 unspecified atom stereocenters. The molecule has 12 nitrogen and oxygen atoms in total. The maximum absolute atomic E-state index is 10.4. The number of aliphatic imine (C=N–C) groups is 1. The summed E-state index contributed by atoms with van der Waals surface area (Å²) in [6.07, 6.45) is 0.956. The Bertz CT molecular complexity index is 398. The van der Waals surface area contributed by atoms with E-state index in [0.717, 1.165) is 0 Å². The van der Waals surface area contributed by atoms with E-state index in [1.54, 1.807) is 0 Å². The molecule has 1 atom stereocenters. The zero-order chi connectivity index (χ0) is 18.6. The monoisotopic (exact) mass is 374 g/mol. The summed E-state index contributed by atoms with van der Waals surface area (Å²) in [6, 6.07) is -0.820. The molecule has 0 saturated heterocycles. The molecule has 0 aliphatic carbocycles. The van der Waals surface area contributed by atoms with Crippen molar-refractivity contribution in [3.63, 3.8) is 0 Å². The highest BCUT2D eigenvalue weighted by Gasteiger charge is 2.09. The number of rotatable bonds is 5. The Hall–Kier alpha value is -1.14. The second kappa shape index (κ2) is 12.4. The van der Waals surface area contributed by atoms with Crippen molar-refractivity contribution in [2.45, 2.75) is 18.9 Å². The molecule has 11 N–H and O–H groups in total. The van der Waals surface area contributed by atoms with Crippen LogP contribution in [0.15, 0.2) is 4.99 Å². The van der Waals surface area contributed by atoms with Gasteiger partial charge in [0.15, 0.2) is 5.96 Å². The third-order valence-corrected chi connectivity index (χ3v) is 1.28. The van der Waals surface area contributed by atoms with Crippen molar-refractivity contribution in [1.82, 2.24) is 0 Å². The molecule has 0 fully saturated rings. The highest BCUT2D eigenvalue weighted by atomic mass is 31.2. The number of carboxylic acid groups (broad SMARTS) is 1. The Morgan fingerprint density at radius 2 is 1.41 bits per heavy atom. The van der Waals surface area contributed by atoms with Crippen LogP contribution in [0.4, 0.5) is 8.39 Å². The molecule has 0 spiro atoms. The van der Waals surface area contributed by atoms with E-state index in [1.807, 2.05) is 0 Å². The van der Waals surface area contributed by atoms with Gasteiger partial charge in [-0.1, -0.05) is 0 Å². The Morgan fingerprint density at radius 3 is 1.64 bits per heavy atom. The maximum atomic E-state index is 10.4. The molecule has 0 aromatic carbocycles. The lowest BCUT2D eigenvalue weighted by Crippen LogP contribution is -2.30. The standard InChI is InChI=1S/C6H14N4O2.2FH2O3P/c7-4(5(11)12)2-1-3-10-6(8)9;2*1-5(2,3)4/h4H,1-3,7H2,(H,11,12)(H4,8,9,10);2*(H2,2,3,4)/t4-;;/m0../s1. The largest absolute Gasteiger partial charge is 0.507 e. The SMILES string of the molecule is NC(N)=NCCC[C@H](N)C(=O)O.O=P(O)(O)F.O=P(O)(O)F. The van der Waals surface area contributed by atoms with Crippen LogP contribution in [0.3, 0.4) is 0 Å².